The van der Waals surface area contributed by atoms with Crippen molar-refractivity contribution in [2.24, 2.45) is 5.73 Å². The third kappa shape index (κ3) is 13.3. The van der Waals surface area contributed by atoms with Gasteiger partial charge in [0, 0.05) is 21.1 Å². The molecule has 0 aromatic carbocycles. The molecule has 0 rings (SSSR count). The SMILES string of the molecule is CCCCCCCCCCN.[Mo]. The molecule has 0 aliphatic heterocycles. The van der Waals surface area contributed by atoms with E-state index in [0.717, 1.165) is 6.54 Å². The van der Waals surface area contributed by atoms with Crippen LogP contribution >= 0.6 is 0 Å². The number of rotatable bonds is 8. The summed E-state index contributed by atoms with van der Waals surface area (Å²) in [6.07, 6.45) is 11.0. The van der Waals surface area contributed by atoms with E-state index in [1.54, 1.807) is 0 Å². The van der Waals surface area contributed by atoms with Crippen molar-refractivity contribution >= 4 is 0 Å². The number of hydrogen-bond donors (Lipinski definition) is 1. The number of hydrogen-bond acceptors (Lipinski definition) is 1. The van der Waals surface area contributed by atoms with Gasteiger partial charge in [0.15, 0.2) is 0 Å². The Hall–Kier alpha value is 0.648. The minimum atomic E-state index is 0. The van der Waals surface area contributed by atoms with E-state index >= 15 is 0 Å². The topological polar surface area (TPSA) is 26.0 Å². The summed E-state index contributed by atoms with van der Waals surface area (Å²) in [5.74, 6) is 0. The maximum atomic E-state index is 5.39. The summed E-state index contributed by atoms with van der Waals surface area (Å²) in [6.45, 7) is 3.13. The predicted octanol–water partition coefficient (Wildman–Crippen LogP) is 3.08. The number of nitrogens with two attached hydrogens (primary N) is 1. The first-order valence-corrected chi connectivity index (χ1v) is 5.12. The van der Waals surface area contributed by atoms with Crippen LogP contribution in [-0.4, -0.2) is 6.54 Å². The average molecular weight is 253 g/mol. The Morgan fingerprint density at radius 1 is 0.750 bits per heavy atom. The molecule has 74 valence electrons. The molecule has 0 amide bonds. The predicted molar refractivity (Wildman–Crippen MR) is 51.7 cm³/mol. The van der Waals surface area contributed by atoms with E-state index in [9.17, 15) is 0 Å². The first-order chi connectivity index (χ1) is 5.41. The molecule has 0 aromatic rings. The summed E-state index contributed by atoms with van der Waals surface area (Å²) in [6, 6.07) is 0. The van der Waals surface area contributed by atoms with Crippen LogP contribution in [0.2, 0.25) is 0 Å². The summed E-state index contributed by atoms with van der Waals surface area (Å²) in [4.78, 5) is 0. The van der Waals surface area contributed by atoms with Crippen LogP contribution in [0, 0.1) is 0 Å². The summed E-state index contributed by atoms with van der Waals surface area (Å²) in [5.41, 5.74) is 5.39. The molecule has 0 aliphatic carbocycles. The molecule has 0 aliphatic rings. The third-order valence-electron chi connectivity index (χ3n) is 2.06. The van der Waals surface area contributed by atoms with Crippen molar-refractivity contribution in [1.29, 1.82) is 0 Å². The van der Waals surface area contributed by atoms with Crippen LogP contribution in [0.4, 0.5) is 0 Å². The zero-order valence-electron chi connectivity index (χ0n) is 8.35. The van der Waals surface area contributed by atoms with Crippen LogP contribution in [0.3, 0.4) is 0 Å². The van der Waals surface area contributed by atoms with E-state index in [1.807, 2.05) is 0 Å². The smallest absolute Gasteiger partial charge is 0 e. The molecular weight excluding hydrogens is 230 g/mol. The van der Waals surface area contributed by atoms with Crippen molar-refractivity contribution < 1.29 is 21.1 Å². The first kappa shape index (κ1) is 15.1. The van der Waals surface area contributed by atoms with Crippen molar-refractivity contribution in [3.05, 3.63) is 0 Å². The Balaban J connectivity index is 0. The summed E-state index contributed by atoms with van der Waals surface area (Å²) >= 11 is 0. The molecule has 0 saturated heterocycles. The van der Waals surface area contributed by atoms with Crippen molar-refractivity contribution in [2.75, 3.05) is 6.54 Å². The average Bonchev–Trinajstić information content (AvgIpc) is 2.03. The van der Waals surface area contributed by atoms with E-state index in [-0.39, 0.29) is 21.1 Å². The second-order valence-corrected chi connectivity index (χ2v) is 3.26. The van der Waals surface area contributed by atoms with Crippen molar-refractivity contribution in [2.45, 2.75) is 58.3 Å². The molecule has 0 aromatic heterocycles. The first-order valence-electron chi connectivity index (χ1n) is 5.12. The van der Waals surface area contributed by atoms with Crippen LogP contribution in [0.15, 0.2) is 0 Å². The Labute approximate surface area is 91.8 Å². The molecule has 0 bridgehead atoms. The molecule has 0 radical (unpaired) electrons. The molecule has 0 atom stereocenters. The maximum absolute atomic E-state index is 5.39. The van der Waals surface area contributed by atoms with Gasteiger partial charge in [0.05, 0.1) is 0 Å². The third-order valence-corrected chi connectivity index (χ3v) is 2.06. The van der Waals surface area contributed by atoms with E-state index in [1.165, 1.54) is 51.4 Å². The van der Waals surface area contributed by atoms with Gasteiger partial charge in [0.25, 0.3) is 0 Å². The summed E-state index contributed by atoms with van der Waals surface area (Å²) in [7, 11) is 0. The van der Waals surface area contributed by atoms with Gasteiger partial charge in [-0.05, 0) is 13.0 Å². The Bertz CT molecular complexity index is 58.9. The molecule has 0 heterocycles. The van der Waals surface area contributed by atoms with Gasteiger partial charge in [0.1, 0.15) is 0 Å². The minimum absolute atomic E-state index is 0. The van der Waals surface area contributed by atoms with E-state index in [4.69, 9.17) is 5.73 Å². The van der Waals surface area contributed by atoms with E-state index in [0.29, 0.717) is 0 Å². The molecule has 0 unspecified atom stereocenters. The molecule has 0 fully saturated rings. The summed E-state index contributed by atoms with van der Waals surface area (Å²) < 4.78 is 0. The largest absolute Gasteiger partial charge is 0.330 e. The molecule has 1 nitrogen and oxygen atoms in total. The van der Waals surface area contributed by atoms with Crippen LogP contribution < -0.4 is 5.73 Å². The fourth-order valence-corrected chi connectivity index (χ4v) is 1.28. The van der Waals surface area contributed by atoms with Gasteiger partial charge in [-0.2, -0.15) is 0 Å². The Morgan fingerprint density at radius 2 is 1.17 bits per heavy atom. The Morgan fingerprint density at radius 3 is 1.58 bits per heavy atom. The second-order valence-electron chi connectivity index (χ2n) is 3.26. The molecule has 0 saturated carbocycles. The molecule has 0 spiro atoms. The monoisotopic (exact) mass is 255 g/mol. The zero-order valence-corrected chi connectivity index (χ0v) is 10.4. The molecule has 2 N–H and O–H groups in total. The normalized spacial score (nSPS) is 9.50. The maximum Gasteiger partial charge on any atom is 0 e. The van der Waals surface area contributed by atoms with Crippen LogP contribution in [0.1, 0.15) is 58.3 Å². The fraction of sp³-hybridized carbons (Fsp3) is 1.00. The fourth-order valence-electron chi connectivity index (χ4n) is 1.28. The quantitative estimate of drug-likeness (QED) is 0.522. The van der Waals surface area contributed by atoms with Crippen LogP contribution in [0.5, 0.6) is 0 Å². The van der Waals surface area contributed by atoms with Crippen LogP contribution in [0.25, 0.3) is 0 Å². The van der Waals surface area contributed by atoms with Crippen molar-refractivity contribution in [3.8, 4) is 0 Å². The minimum Gasteiger partial charge on any atom is -0.330 e. The van der Waals surface area contributed by atoms with Gasteiger partial charge in [-0.25, -0.2) is 0 Å². The second kappa shape index (κ2) is 14.2. The van der Waals surface area contributed by atoms with Gasteiger partial charge in [0.2, 0.25) is 0 Å². The zero-order chi connectivity index (χ0) is 8.36. The standard InChI is InChI=1S/C10H23N.Mo/c1-2-3-4-5-6-7-8-9-10-11;/h2-11H2,1H3;. The van der Waals surface area contributed by atoms with Gasteiger partial charge < -0.3 is 5.73 Å². The van der Waals surface area contributed by atoms with Gasteiger partial charge in [-0.3, -0.25) is 0 Å². The Kier molecular flexibility index (Phi) is 17.9. The van der Waals surface area contributed by atoms with E-state index in [2.05, 4.69) is 6.92 Å². The van der Waals surface area contributed by atoms with E-state index < -0.39 is 0 Å². The van der Waals surface area contributed by atoms with Gasteiger partial charge >= 0.3 is 0 Å². The molecular formula is C10H23MoN. The van der Waals surface area contributed by atoms with Crippen LogP contribution in [-0.2, 0) is 21.1 Å². The molecule has 12 heavy (non-hydrogen) atoms. The van der Waals surface area contributed by atoms with Gasteiger partial charge in [-0.15, -0.1) is 0 Å². The van der Waals surface area contributed by atoms with Crippen molar-refractivity contribution in [1.82, 2.24) is 0 Å². The van der Waals surface area contributed by atoms with Crippen molar-refractivity contribution in [3.63, 3.8) is 0 Å². The number of unbranched alkanes of at least 4 members (excludes halogenated alkanes) is 7. The summed E-state index contributed by atoms with van der Waals surface area (Å²) in [5, 5.41) is 0. The van der Waals surface area contributed by atoms with Gasteiger partial charge in [-0.1, -0.05) is 51.9 Å². The molecule has 2 heteroatoms.